The fourth-order valence-electron chi connectivity index (χ4n) is 2.09. The molecular formula is C18H19N5O4. The van der Waals surface area contributed by atoms with Crippen LogP contribution in [0.5, 0.6) is 0 Å². The standard InChI is InChI=1S/C16H15N5O2.C2H4O2/c17-15(18)9-1-2-10(21-8-9)7-11-3-4-12(22-11)13-5-6-14(23-13)16(19)20;1-2(3)4/h1-6,8H,7H2,(H3,17,18)(H3,19,20);1H3,(H,3,4). The van der Waals surface area contributed by atoms with Gasteiger partial charge in [0.15, 0.2) is 23.1 Å². The molecule has 3 aromatic rings. The fraction of sp³-hybridized carbons (Fsp3) is 0.111. The number of carbonyl (C=O) groups is 1. The monoisotopic (exact) mass is 369 g/mol. The summed E-state index contributed by atoms with van der Waals surface area (Å²) >= 11 is 0. The predicted molar refractivity (Wildman–Crippen MR) is 98.8 cm³/mol. The van der Waals surface area contributed by atoms with Gasteiger partial charge in [-0.25, -0.2) is 0 Å². The van der Waals surface area contributed by atoms with Crippen LogP contribution in [0.3, 0.4) is 0 Å². The molecule has 7 N–H and O–H groups in total. The summed E-state index contributed by atoms with van der Waals surface area (Å²) in [5.74, 6) is 1.14. The van der Waals surface area contributed by atoms with Crippen molar-refractivity contribution in [1.82, 2.24) is 4.98 Å². The zero-order valence-corrected chi connectivity index (χ0v) is 14.5. The highest BCUT2D eigenvalue weighted by atomic mass is 16.4. The molecule has 3 heterocycles. The molecule has 0 amide bonds. The number of carboxylic acids is 1. The van der Waals surface area contributed by atoms with Crippen LogP contribution in [0, 0.1) is 10.8 Å². The van der Waals surface area contributed by atoms with E-state index >= 15 is 0 Å². The minimum absolute atomic E-state index is 0.0107. The summed E-state index contributed by atoms with van der Waals surface area (Å²) in [5.41, 5.74) is 12.2. The second-order valence-corrected chi connectivity index (χ2v) is 5.49. The Bertz CT molecular complexity index is 952. The fourth-order valence-corrected chi connectivity index (χ4v) is 2.09. The lowest BCUT2D eigenvalue weighted by atomic mass is 10.2. The van der Waals surface area contributed by atoms with Crippen LogP contribution in [0.4, 0.5) is 0 Å². The van der Waals surface area contributed by atoms with Gasteiger partial charge in [0.25, 0.3) is 5.97 Å². The third kappa shape index (κ3) is 5.56. The Hall–Kier alpha value is -3.88. The third-order valence-corrected chi connectivity index (χ3v) is 3.27. The Morgan fingerprint density at radius 3 is 2.19 bits per heavy atom. The minimum atomic E-state index is -0.833. The van der Waals surface area contributed by atoms with Gasteiger partial charge in [-0.1, -0.05) is 0 Å². The first kappa shape index (κ1) is 19.4. The van der Waals surface area contributed by atoms with Gasteiger partial charge in [-0.3, -0.25) is 20.6 Å². The molecule has 0 saturated carbocycles. The summed E-state index contributed by atoms with van der Waals surface area (Å²) in [7, 11) is 0. The Morgan fingerprint density at radius 1 is 1.04 bits per heavy atom. The van der Waals surface area contributed by atoms with Crippen molar-refractivity contribution in [2.45, 2.75) is 13.3 Å². The van der Waals surface area contributed by atoms with E-state index in [0.29, 0.717) is 29.3 Å². The highest BCUT2D eigenvalue weighted by molar-refractivity contribution is 5.94. The molecule has 0 spiro atoms. The molecule has 0 radical (unpaired) electrons. The Labute approximate surface area is 154 Å². The van der Waals surface area contributed by atoms with Crippen LogP contribution in [0.2, 0.25) is 0 Å². The van der Waals surface area contributed by atoms with Gasteiger partial charge in [0.2, 0.25) is 0 Å². The van der Waals surface area contributed by atoms with E-state index in [-0.39, 0.29) is 11.7 Å². The average molecular weight is 369 g/mol. The van der Waals surface area contributed by atoms with E-state index in [1.54, 1.807) is 36.5 Å². The van der Waals surface area contributed by atoms with E-state index in [1.807, 2.05) is 6.07 Å². The lowest BCUT2D eigenvalue weighted by molar-refractivity contribution is -0.134. The molecule has 0 aromatic carbocycles. The predicted octanol–water partition coefficient (Wildman–Crippen LogP) is 2.18. The zero-order chi connectivity index (χ0) is 20.0. The highest BCUT2D eigenvalue weighted by Crippen LogP contribution is 2.25. The summed E-state index contributed by atoms with van der Waals surface area (Å²) in [4.78, 5) is 13.3. The van der Waals surface area contributed by atoms with Gasteiger partial charge in [-0.15, -0.1) is 0 Å². The molecule has 0 bridgehead atoms. The zero-order valence-electron chi connectivity index (χ0n) is 14.5. The first-order valence-electron chi connectivity index (χ1n) is 7.78. The number of rotatable bonds is 5. The van der Waals surface area contributed by atoms with Crippen molar-refractivity contribution in [1.29, 1.82) is 10.8 Å². The number of amidine groups is 2. The first-order valence-corrected chi connectivity index (χ1v) is 7.78. The number of nitrogens with one attached hydrogen (secondary N) is 2. The van der Waals surface area contributed by atoms with Gasteiger partial charge >= 0.3 is 0 Å². The van der Waals surface area contributed by atoms with Crippen LogP contribution in [-0.4, -0.2) is 27.7 Å². The lowest BCUT2D eigenvalue weighted by Gasteiger charge is -2.00. The molecule has 140 valence electrons. The molecule has 27 heavy (non-hydrogen) atoms. The third-order valence-electron chi connectivity index (χ3n) is 3.27. The van der Waals surface area contributed by atoms with Crippen LogP contribution < -0.4 is 11.5 Å². The summed E-state index contributed by atoms with van der Waals surface area (Å²) in [6, 6.07) is 10.5. The van der Waals surface area contributed by atoms with Crippen molar-refractivity contribution in [2.24, 2.45) is 11.5 Å². The number of hydrogen-bond donors (Lipinski definition) is 5. The van der Waals surface area contributed by atoms with Crippen LogP contribution in [-0.2, 0) is 11.2 Å². The number of nitrogens with zero attached hydrogens (tertiary/aromatic N) is 1. The number of aliphatic carboxylic acids is 1. The van der Waals surface area contributed by atoms with Gasteiger partial charge in [-0.2, -0.15) is 0 Å². The van der Waals surface area contributed by atoms with Crippen molar-refractivity contribution in [3.63, 3.8) is 0 Å². The van der Waals surface area contributed by atoms with Crippen LogP contribution in [0.1, 0.15) is 29.7 Å². The summed E-state index contributed by atoms with van der Waals surface area (Å²) in [6.07, 6.45) is 2.08. The van der Waals surface area contributed by atoms with E-state index < -0.39 is 5.97 Å². The van der Waals surface area contributed by atoms with E-state index in [1.165, 1.54) is 0 Å². The smallest absolute Gasteiger partial charge is 0.300 e. The second kappa shape index (κ2) is 8.48. The molecule has 3 rings (SSSR count). The van der Waals surface area contributed by atoms with Crippen molar-refractivity contribution in [3.05, 3.63) is 65.4 Å². The lowest BCUT2D eigenvalue weighted by Crippen LogP contribution is -2.11. The summed E-state index contributed by atoms with van der Waals surface area (Å²) < 4.78 is 11.2. The maximum Gasteiger partial charge on any atom is 0.300 e. The van der Waals surface area contributed by atoms with Gasteiger partial charge in [0, 0.05) is 30.8 Å². The van der Waals surface area contributed by atoms with Gasteiger partial charge in [0.1, 0.15) is 11.6 Å². The van der Waals surface area contributed by atoms with Gasteiger partial charge in [0.05, 0.1) is 0 Å². The largest absolute Gasteiger partial charge is 0.481 e. The van der Waals surface area contributed by atoms with Gasteiger partial charge in [-0.05, 0) is 36.4 Å². The van der Waals surface area contributed by atoms with Crippen molar-refractivity contribution >= 4 is 17.6 Å². The van der Waals surface area contributed by atoms with Crippen molar-refractivity contribution < 1.29 is 18.7 Å². The Kier molecular flexibility index (Phi) is 6.10. The van der Waals surface area contributed by atoms with Crippen molar-refractivity contribution in [3.8, 4) is 11.5 Å². The van der Waals surface area contributed by atoms with Crippen LogP contribution in [0.15, 0.2) is 51.4 Å². The van der Waals surface area contributed by atoms with Crippen molar-refractivity contribution in [2.75, 3.05) is 0 Å². The number of pyridine rings is 1. The van der Waals surface area contributed by atoms with Crippen LogP contribution in [0.25, 0.3) is 11.5 Å². The topological polar surface area (TPSA) is 176 Å². The summed E-state index contributed by atoms with van der Waals surface area (Å²) in [6.45, 7) is 1.08. The molecule has 0 aliphatic rings. The molecule has 0 atom stereocenters. The number of carboxylic acid groups (broad SMARTS) is 1. The molecule has 9 heteroatoms. The average Bonchev–Trinajstić information content (AvgIpc) is 3.23. The Balaban J connectivity index is 0.000000596. The molecule has 0 aliphatic heterocycles. The Morgan fingerprint density at radius 2 is 1.67 bits per heavy atom. The number of nitrogens with two attached hydrogens (primary N) is 2. The highest BCUT2D eigenvalue weighted by Gasteiger charge is 2.11. The quantitative estimate of drug-likeness (QED) is 0.338. The maximum absolute atomic E-state index is 9.00. The molecule has 0 saturated heterocycles. The number of hydrogen-bond acceptors (Lipinski definition) is 6. The van der Waals surface area contributed by atoms with E-state index in [9.17, 15) is 0 Å². The molecule has 0 aliphatic carbocycles. The first-order chi connectivity index (χ1) is 12.8. The SMILES string of the molecule is CC(=O)O.N=C(N)c1ccc(Cc2ccc(-c3ccc(C(=N)N)o3)o2)nc1. The van der Waals surface area contributed by atoms with Crippen LogP contribution >= 0.6 is 0 Å². The summed E-state index contributed by atoms with van der Waals surface area (Å²) in [5, 5.41) is 22.1. The van der Waals surface area contributed by atoms with E-state index in [4.69, 9.17) is 41.0 Å². The molecule has 9 nitrogen and oxygen atoms in total. The van der Waals surface area contributed by atoms with Gasteiger partial charge < -0.3 is 25.4 Å². The minimum Gasteiger partial charge on any atom is -0.481 e. The number of aromatic nitrogens is 1. The molecular weight excluding hydrogens is 350 g/mol. The molecule has 0 unspecified atom stereocenters. The number of furan rings is 2. The maximum atomic E-state index is 9.00. The van der Waals surface area contributed by atoms with E-state index in [2.05, 4.69) is 4.98 Å². The second-order valence-electron chi connectivity index (χ2n) is 5.49. The normalized spacial score (nSPS) is 9.96. The van der Waals surface area contributed by atoms with E-state index in [0.717, 1.165) is 18.4 Å². The number of nitrogen functional groups attached to an aromatic ring is 2. The molecule has 0 fully saturated rings. The molecule has 3 aromatic heterocycles.